The second-order valence-corrected chi connectivity index (χ2v) is 4.13. The van der Waals surface area contributed by atoms with Gasteiger partial charge in [-0.25, -0.2) is 9.37 Å². The molecule has 0 aliphatic carbocycles. The van der Waals surface area contributed by atoms with Crippen LogP contribution in [-0.2, 0) is 0 Å². The summed E-state index contributed by atoms with van der Waals surface area (Å²) in [5, 5.41) is 2.53. The van der Waals surface area contributed by atoms with Crippen LogP contribution in [0.1, 0.15) is 0 Å². The van der Waals surface area contributed by atoms with Crippen LogP contribution < -0.4 is 0 Å². The lowest BCUT2D eigenvalue weighted by Crippen LogP contribution is -1.81. The molecule has 0 aliphatic heterocycles. The van der Waals surface area contributed by atoms with E-state index in [2.05, 4.69) is 20.9 Å². The molecule has 0 fully saturated rings. The lowest BCUT2D eigenvalue weighted by atomic mass is 10.2. The van der Waals surface area contributed by atoms with Gasteiger partial charge in [0.25, 0.3) is 0 Å². The Morgan fingerprint density at radius 1 is 1.31 bits per heavy atom. The molecule has 2 aromatic rings. The van der Waals surface area contributed by atoms with Gasteiger partial charge >= 0.3 is 0 Å². The van der Waals surface area contributed by atoms with Gasteiger partial charge in [-0.05, 0) is 28.1 Å². The first-order chi connectivity index (χ1) is 6.27. The highest BCUT2D eigenvalue weighted by molar-refractivity contribution is 9.10. The summed E-state index contributed by atoms with van der Waals surface area (Å²) in [4.78, 5) is 4.14. The molecular weight excluding hydrogens is 253 g/mol. The smallest absolute Gasteiger partial charge is 0.133 e. The molecule has 4 heteroatoms. The minimum absolute atomic E-state index is 0.232. The van der Waals surface area contributed by atoms with Gasteiger partial charge in [0.05, 0.1) is 0 Å². The molecule has 1 aromatic heterocycles. The van der Waals surface area contributed by atoms with Crippen LogP contribution in [0, 0.1) is 5.82 Å². The zero-order chi connectivity index (χ0) is 9.26. The van der Waals surface area contributed by atoms with E-state index in [0.29, 0.717) is 10.6 Å². The van der Waals surface area contributed by atoms with E-state index in [0.717, 1.165) is 4.60 Å². The second kappa shape index (κ2) is 3.55. The fourth-order valence-corrected chi connectivity index (χ4v) is 2.29. The minimum Gasteiger partial charge on any atom is -0.229 e. The highest BCUT2D eigenvalue weighted by Gasteiger charge is 2.07. The Kier molecular flexibility index (Phi) is 2.42. The number of rotatable bonds is 1. The molecule has 0 spiro atoms. The average molecular weight is 258 g/mol. The van der Waals surface area contributed by atoms with Gasteiger partial charge in [0.1, 0.15) is 15.4 Å². The van der Waals surface area contributed by atoms with Gasteiger partial charge in [-0.2, -0.15) is 0 Å². The molecule has 0 N–H and O–H groups in total. The fourth-order valence-electron chi connectivity index (χ4n) is 1.01. The van der Waals surface area contributed by atoms with Crippen LogP contribution in [0.4, 0.5) is 4.39 Å². The van der Waals surface area contributed by atoms with Crippen LogP contribution in [0.2, 0.25) is 0 Å². The predicted molar refractivity (Wildman–Crippen MR) is 55.2 cm³/mol. The third-order valence-corrected chi connectivity index (χ3v) is 3.17. The lowest BCUT2D eigenvalue weighted by Gasteiger charge is -1.96. The summed E-state index contributed by atoms with van der Waals surface area (Å²) in [6.45, 7) is 0. The molecule has 1 aromatic carbocycles. The van der Waals surface area contributed by atoms with E-state index < -0.39 is 0 Å². The van der Waals surface area contributed by atoms with Crippen LogP contribution in [0.15, 0.2) is 34.2 Å². The van der Waals surface area contributed by atoms with Crippen LogP contribution in [0.3, 0.4) is 0 Å². The van der Waals surface area contributed by atoms with Gasteiger partial charge in [0.15, 0.2) is 0 Å². The predicted octanol–water partition coefficient (Wildman–Crippen LogP) is 3.71. The van der Waals surface area contributed by atoms with Gasteiger partial charge < -0.3 is 0 Å². The van der Waals surface area contributed by atoms with Gasteiger partial charge in [0, 0.05) is 10.9 Å². The van der Waals surface area contributed by atoms with E-state index in [9.17, 15) is 4.39 Å². The highest BCUT2D eigenvalue weighted by Crippen LogP contribution is 2.27. The Labute approximate surface area is 87.4 Å². The number of halogens is 2. The Morgan fingerprint density at radius 2 is 2.08 bits per heavy atom. The maximum absolute atomic E-state index is 13.2. The van der Waals surface area contributed by atoms with Crippen molar-refractivity contribution in [1.82, 2.24) is 4.98 Å². The number of aromatic nitrogens is 1. The first kappa shape index (κ1) is 8.84. The molecule has 0 unspecified atom stereocenters. The van der Waals surface area contributed by atoms with Crippen molar-refractivity contribution < 1.29 is 4.39 Å². The molecule has 1 nitrogen and oxygen atoms in total. The molecule has 2 rings (SSSR count). The quantitative estimate of drug-likeness (QED) is 0.759. The standard InChI is InChI=1S/C9H5BrFNS/c10-8-5-13-9(12-8)6-3-1-2-4-7(6)11/h1-5H. The normalized spacial score (nSPS) is 10.3. The molecule has 0 saturated carbocycles. The Bertz CT molecular complexity index is 427. The second-order valence-electron chi connectivity index (χ2n) is 2.46. The number of benzene rings is 1. The zero-order valence-electron chi connectivity index (χ0n) is 6.50. The Balaban J connectivity index is 2.52. The van der Waals surface area contributed by atoms with Crippen molar-refractivity contribution >= 4 is 27.3 Å². The summed E-state index contributed by atoms with van der Waals surface area (Å²) in [6.07, 6.45) is 0. The maximum Gasteiger partial charge on any atom is 0.133 e. The van der Waals surface area contributed by atoms with E-state index in [4.69, 9.17) is 0 Å². The molecule has 13 heavy (non-hydrogen) atoms. The van der Waals surface area contributed by atoms with E-state index in [-0.39, 0.29) is 5.82 Å². The van der Waals surface area contributed by atoms with Gasteiger partial charge in [0.2, 0.25) is 0 Å². The van der Waals surface area contributed by atoms with E-state index in [1.54, 1.807) is 18.2 Å². The topological polar surface area (TPSA) is 12.9 Å². The van der Waals surface area contributed by atoms with Crippen molar-refractivity contribution in [3.05, 3.63) is 40.1 Å². The van der Waals surface area contributed by atoms with Crippen LogP contribution >= 0.6 is 27.3 Å². The largest absolute Gasteiger partial charge is 0.229 e. The Hall–Kier alpha value is -0.740. The summed E-state index contributed by atoms with van der Waals surface area (Å²) in [5.41, 5.74) is 0.554. The van der Waals surface area contributed by atoms with Crippen molar-refractivity contribution in [1.29, 1.82) is 0 Å². The number of nitrogens with zero attached hydrogens (tertiary/aromatic N) is 1. The van der Waals surface area contributed by atoms with Crippen LogP contribution in [0.5, 0.6) is 0 Å². The van der Waals surface area contributed by atoms with Crippen molar-refractivity contribution in [2.24, 2.45) is 0 Å². The van der Waals surface area contributed by atoms with Crippen LogP contribution in [-0.4, -0.2) is 4.98 Å². The molecule has 0 radical (unpaired) electrons. The first-order valence-electron chi connectivity index (χ1n) is 3.63. The maximum atomic E-state index is 13.2. The fraction of sp³-hybridized carbons (Fsp3) is 0. The molecule has 0 bridgehead atoms. The molecule has 1 heterocycles. The van der Waals surface area contributed by atoms with Gasteiger partial charge in [-0.1, -0.05) is 12.1 Å². The number of hydrogen-bond acceptors (Lipinski definition) is 2. The average Bonchev–Trinajstić information content (AvgIpc) is 2.53. The SMILES string of the molecule is Fc1ccccc1-c1nc(Br)cs1. The molecular formula is C9H5BrFNS. The minimum atomic E-state index is -0.232. The van der Waals surface area contributed by atoms with E-state index in [1.807, 2.05) is 5.38 Å². The summed E-state index contributed by atoms with van der Waals surface area (Å²) < 4.78 is 14.0. The summed E-state index contributed by atoms with van der Waals surface area (Å²) in [5.74, 6) is -0.232. The van der Waals surface area contributed by atoms with Crippen molar-refractivity contribution in [3.63, 3.8) is 0 Å². The summed E-state index contributed by atoms with van der Waals surface area (Å²) >= 11 is 4.65. The van der Waals surface area contributed by atoms with Crippen molar-refractivity contribution in [3.8, 4) is 10.6 Å². The number of thiazole rings is 1. The summed E-state index contributed by atoms with van der Waals surface area (Å²) in [6, 6.07) is 6.63. The van der Waals surface area contributed by atoms with E-state index in [1.165, 1.54) is 17.4 Å². The third kappa shape index (κ3) is 1.78. The molecule has 66 valence electrons. The first-order valence-corrected chi connectivity index (χ1v) is 5.30. The molecule has 0 atom stereocenters. The van der Waals surface area contributed by atoms with Gasteiger partial charge in [-0.3, -0.25) is 0 Å². The van der Waals surface area contributed by atoms with Crippen molar-refractivity contribution in [2.45, 2.75) is 0 Å². The zero-order valence-corrected chi connectivity index (χ0v) is 8.90. The number of hydrogen-bond donors (Lipinski definition) is 0. The van der Waals surface area contributed by atoms with Crippen LogP contribution in [0.25, 0.3) is 10.6 Å². The highest BCUT2D eigenvalue weighted by atomic mass is 79.9. The summed E-state index contributed by atoms with van der Waals surface area (Å²) in [7, 11) is 0. The molecule has 0 aliphatic rings. The van der Waals surface area contributed by atoms with Gasteiger partial charge in [-0.15, -0.1) is 11.3 Å². The molecule has 0 amide bonds. The molecule has 0 saturated heterocycles. The van der Waals surface area contributed by atoms with E-state index >= 15 is 0 Å². The lowest BCUT2D eigenvalue weighted by molar-refractivity contribution is 0.631. The van der Waals surface area contributed by atoms with Crippen molar-refractivity contribution in [2.75, 3.05) is 0 Å². The Morgan fingerprint density at radius 3 is 2.69 bits per heavy atom. The third-order valence-electron chi connectivity index (χ3n) is 1.58. The monoisotopic (exact) mass is 257 g/mol.